The molecule has 0 amide bonds. The third kappa shape index (κ3) is 3.50. The van der Waals surface area contributed by atoms with Gasteiger partial charge in [0, 0.05) is 17.7 Å². The summed E-state index contributed by atoms with van der Waals surface area (Å²) in [7, 11) is 0. The predicted octanol–water partition coefficient (Wildman–Crippen LogP) is 5.55. The van der Waals surface area contributed by atoms with E-state index in [1.165, 1.54) is 0 Å². The quantitative estimate of drug-likeness (QED) is 0.626. The maximum absolute atomic E-state index is 4.77. The lowest BCUT2D eigenvalue weighted by atomic mass is 9.96. The Kier molecular flexibility index (Phi) is 4.31. The van der Waals surface area contributed by atoms with Crippen LogP contribution in [0.2, 0.25) is 0 Å². The highest BCUT2D eigenvalue weighted by Gasteiger charge is 2.22. The maximum atomic E-state index is 4.77. The van der Waals surface area contributed by atoms with Gasteiger partial charge in [-0.1, -0.05) is 81.4 Å². The van der Waals surface area contributed by atoms with E-state index in [2.05, 4.69) is 74.4 Å². The Hall–Kier alpha value is -2.00. The van der Waals surface area contributed by atoms with Gasteiger partial charge in [-0.15, -0.1) is 12.6 Å². The molecule has 0 aliphatic heterocycles. The monoisotopic (exact) mass is 322 g/mol. The fraction of sp³-hybridized carbons (Fsp3) is 0.250. The Morgan fingerprint density at radius 3 is 1.91 bits per heavy atom. The molecule has 0 atom stereocenters. The van der Waals surface area contributed by atoms with Crippen molar-refractivity contribution in [2.45, 2.75) is 32.3 Å². The molecule has 118 valence electrons. The van der Waals surface area contributed by atoms with E-state index in [1.54, 1.807) is 0 Å². The third-order valence-electron chi connectivity index (χ3n) is 3.66. The third-order valence-corrected chi connectivity index (χ3v) is 3.97. The Morgan fingerprint density at radius 1 is 0.870 bits per heavy atom. The maximum Gasteiger partial charge on any atom is 0.141 e. The Labute approximate surface area is 143 Å². The number of benzene rings is 2. The molecule has 0 fully saturated rings. The summed E-state index contributed by atoms with van der Waals surface area (Å²) in [5.41, 5.74) is 3.50. The van der Waals surface area contributed by atoms with E-state index in [1.807, 2.05) is 24.3 Å². The zero-order valence-corrected chi connectivity index (χ0v) is 14.7. The van der Waals surface area contributed by atoms with Crippen molar-refractivity contribution in [3.8, 4) is 22.6 Å². The molecule has 0 spiro atoms. The summed E-state index contributed by atoms with van der Waals surface area (Å²) in [6, 6.07) is 20.7. The van der Waals surface area contributed by atoms with Crippen molar-refractivity contribution in [3.05, 3.63) is 60.7 Å². The Morgan fingerprint density at radius 2 is 1.39 bits per heavy atom. The minimum Gasteiger partial charge on any atom is -0.322 e. The van der Waals surface area contributed by atoms with Crippen LogP contribution in [0.15, 0.2) is 65.7 Å². The van der Waals surface area contributed by atoms with E-state index in [9.17, 15) is 0 Å². The largest absolute Gasteiger partial charge is 0.322 e. The smallest absolute Gasteiger partial charge is 0.141 e. The molecule has 0 saturated carbocycles. The van der Waals surface area contributed by atoms with E-state index in [4.69, 9.17) is 4.98 Å². The molecule has 2 aromatic carbocycles. The lowest BCUT2D eigenvalue weighted by Gasteiger charge is -2.23. The van der Waals surface area contributed by atoms with Crippen molar-refractivity contribution in [3.63, 3.8) is 0 Å². The second-order valence-corrected chi connectivity index (χ2v) is 7.41. The topological polar surface area (TPSA) is 17.8 Å². The summed E-state index contributed by atoms with van der Waals surface area (Å²) in [6.07, 6.45) is 0. The van der Waals surface area contributed by atoms with Gasteiger partial charge in [-0.2, -0.15) is 0 Å². The summed E-state index contributed by atoms with van der Waals surface area (Å²) in [6.45, 7) is 7.62. The molecule has 3 rings (SSSR count). The molecule has 0 bridgehead atoms. The summed E-state index contributed by atoms with van der Waals surface area (Å²) in [4.78, 5) is 4.77. The number of hydrogen-bond donors (Lipinski definition) is 1. The highest BCUT2D eigenvalue weighted by atomic mass is 32.1. The number of rotatable bonds is 3. The summed E-state index contributed by atoms with van der Waals surface area (Å²) >= 11 is 4.67. The highest BCUT2D eigenvalue weighted by molar-refractivity contribution is 7.80. The molecule has 1 heterocycles. The van der Waals surface area contributed by atoms with E-state index in [0.717, 1.165) is 34.2 Å². The molecule has 2 nitrogen and oxygen atoms in total. The first-order valence-corrected chi connectivity index (χ1v) is 8.31. The molecule has 0 N–H and O–H groups in total. The molecule has 0 aliphatic carbocycles. The average Bonchev–Trinajstić information content (AvgIpc) is 2.83. The second-order valence-electron chi connectivity index (χ2n) is 6.99. The van der Waals surface area contributed by atoms with Crippen molar-refractivity contribution in [2.75, 3.05) is 0 Å². The summed E-state index contributed by atoms with van der Waals surface area (Å²) in [5, 5.41) is 0.777. The van der Waals surface area contributed by atoms with E-state index >= 15 is 0 Å². The van der Waals surface area contributed by atoms with Gasteiger partial charge in [0.25, 0.3) is 0 Å². The van der Waals surface area contributed by atoms with Gasteiger partial charge in [-0.25, -0.2) is 4.98 Å². The first-order chi connectivity index (χ1) is 11.0. The van der Waals surface area contributed by atoms with Crippen molar-refractivity contribution in [1.29, 1.82) is 0 Å². The van der Waals surface area contributed by atoms with E-state index in [-0.39, 0.29) is 5.41 Å². The van der Waals surface area contributed by atoms with Gasteiger partial charge in [0.1, 0.15) is 10.9 Å². The number of thiol groups is 1. The van der Waals surface area contributed by atoms with Gasteiger partial charge in [-0.05, 0) is 5.41 Å². The number of hydrogen-bond acceptors (Lipinski definition) is 2. The average molecular weight is 322 g/mol. The van der Waals surface area contributed by atoms with Gasteiger partial charge >= 0.3 is 0 Å². The zero-order valence-electron chi connectivity index (χ0n) is 13.8. The fourth-order valence-electron chi connectivity index (χ4n) is 2.76. The van der Waals surface area contributed by atoms with Crippen LogP contribution in [0.1, 0.15) is 20.8 Å². The normalized spacial score (nSPS) is 11.7. The molecule has 3 heteroatoms. The van der Waals surface area contributed by atoms with Crippen LogP contribution < -0.4 is 0 Å². The number of nitrogens with zero attached hydrogens (tertiary/aromatic N) is 2. The first kappa shape index (κ1) is 15.9. The summed E-state index contributed by atoms with van der Waals surface area (Å²) < 4.78 is 2.30. The van der Waals surface area contributed by atoms with Crippen LogP contribution in [0.25, 0.3) is 22.6 Å². The van der Waals surface area contributed by atoms with Crippen LogP contribution in [-0.2, 0) is 6.54 Å². The molecule has 1 aromatic heterocycles. The van der Waals surface area contributed by atoms with E-state index < -0.39 is 0 Å². The highest BCUT2D eigenvalue weighted by Crippen LogP contribution is 2.34. The SMILES string of the molecule is CC(C)(C)Cn1c(-c2ccccc2)nc(S)c1-c1ccccc1. The predicted molar refractivity (Wildman–Crippen MR) is 99.8 cm³/mol. The standard InChI is InChI=1S/C20H22N2S/c1-20(2,3)14-22-17(15-10-6-4-7-11-15)19(23)21-18(22)16-12-8-5-9-13-16/h4-13,23H,14H2,1-3H3. The molecular formula is C20H22N2S. The van der Waals surface area contributed by atoms with Crippen LogP contribution in [0.4, 0.5) is 0 Å². The van der Waals surface area contributed by atoms with Crippen LogP contribution in [-0.4, -0.2) is 9.55 Å². The van der Waals surface area contributed by atoms with Crippen molar-refractivity contribution >= 4 is 12.6 Å². The number of imidazole rings is 1. The molecule has 3 aromatic rings. The molecule has 0 aliphatic rings. The minimum absolute atomic E-state index is 0.147. The molecular weight excluding hydrogens is 300 g/mol. The lowest BCUT2D eigenvalue weighted by molar-refractivity contribution is 0.347. The Bertz CT molecular complexity index is 784. The van der Waals surface area contributed by atoms with Crippen LogP contribution >= 0.6 is 12.6 Å². The van der Waals surface area contributed by atoms with Gasteiger partial charge in [0.2, 0.25) is 0 Å². The number of aromatic nitrogens is 2. The van der Waals surface area contributed by atoms with Crippen LogP contribution in [0.3, 0.4) is 0 Å². The second kappa shape index (κ2) is 6.25. The fourth-order valence-corrected chi connectivity index (χ4v) is 3.10. The van der Waals surface area contributed by atoms with Crippen LogP contribution in [0, 0.1) is 5.41 Å². The van der Waals surface area contributed by atoms with Gasteiger partial charge in [0.05, 0.1) is 5.69 Å². The summed E-state index contributed by atoms with van der Waals surface area (Å²) in [5.74, 6) is 0.976. The molecule has 0 radical (unpaired) electrons. The molecule has 0 saturated heterocycles. The van der Waals surface area contributed by atoms with Gasteiger partial charge in [-0.3, -0.25) is 0 Å². The van der Waals surface area contributed by atoms with Gasteiger partial charge < -0.3 is 4.57 Å². The van der Waals surface area contributed by atoms with E-state index in [0.29, 0.717) is 0 Å². The molecule has 0 unspecified atom stereocenters. The minimum atomic E-state index is 0.147. The zero-order chi connectivity index (χ0) is 16.4. The molecule has 23 heavy (non-hydrogen) atoms. The van der Waals surface area contributed by atoms with Gasteiger partial charge in [0.15, 0.2) is 0 Å². The lowest BCUT2D eigenvalue weighted by Crippen LogP contribution is -2.17. The van der Waals surface area contributed by atoms with Crippen molar-refractivity contribution in [1.82, 2.24) is 9.55 Å². The Balaban J connectivity index is 2.22. The van der Waals surface area contributed by atoms with Crippen molar-refractivity contribution < 1.29 is 0 Å². The first-order valence-electron chi connectivity index (χ1n) is 7.86. The van der Waals surface area contributed by atoms with Crippen molar-refractivity contribution in [2.24, 2.45) is 5.41 Å². The van der Waals surface area contributed by atoms with Crippen LogP contribution in [0.5, 0.6) is 0 Å².